The van der Waals surface area contributed by atoms with E-state index in [0.29, 0.717) is 11.3 Å². The van der Waals surface area contributed by atoms with Crippen LogP contribution in [0.1, 0.15) is 86.5 Å². The standard InChI is InChI=1S/C25H39BO3/c1-22(2)23(3,4)29-26(28-22)21-10-9-19-18-8-7-16-15-17(27)11-13-24(16,5)20(18)12-14-25(19,21)6/h7,10,17-20,27H,8-9,11-15H2,1-6H3. The minimum absolute atomic E-state index is 0.122. The summed E-state index contributed by atoms with van der Waals surface area (Å²) in [6.45, 7) is 13.6. The van der Waals surface area contributed by atoms with Crippen molar-refractivity contribution in [2.24, 2.45) is 28.6 Å². The highest BCUT2D eigenvalue weighted by Gasteiger charge is 2.61. The second kappa shape index (κ2) is 6.23. The Morgan fingerprint density at radius 2 is 1.52 bits per heavy atom. The topological polar surface area (TPSA) is 38.7 Å². The molecule has 1 N–H and O–H groups in total. The zero-order chi connectivity index (χ0) is 20.8. The smallest absolute Gasteiger partial charge is 0.400 e. The van der Waals surface area contributed by atoms with Gasteiger partial charge in [-0.15, -0.1) is 0 Å². The van der Waals surface area contributed by atoms with E-state index in [0.717, 1.165) is 31.1 Å². The number of aliphatic hydroxyl groups excluding tert-OH is 1. The van der Waals surface area contributed by atoms with E-state index in [2.05, 4.69) is 53.7 Å². The van der Waals surface area contributed by atoms with Crippen molar-refractivity contribution in [3.63, 3.8) is 0 Å². The van der Waals surface area contributed by atoms with Gasteiger partial charge in [-0.25, -0.2) is 0 Å². The van der Waals surface area contributed by atoms with Crippen LogP contribution in [0, 0.1) is 28.6 Å². The molecule has 1 heterocycles. The van der Waals surface area contributed by atoms with E-state index in [4.69, 9.17) is 9.31 Å². The number of hydrogen-bond donors (Lipinski definition) is 1. The molecule has 160 valence electrons. The Labute approximate surface area is 177 Å². The highest BCUT2D eigenvalue weighted by molar-refractivity contribution is 6.55. The highest BCUT2D eigenvalue weighted by atomic mass is 16.7. The molecule has 2 saturated carbocycles. The van der Waals surface area contributed by atoms with Crippen LogP contribution >= 0.6 is 0 Å². The largest absolute Gasteiger partial charge is 0.490 e. The number of allylic oxidation sites excluding steroid dienone is 3. The molecule has 0 spiro atoms. The van der Waals surface area contributed by atoms with Gasteiger partial charge < -0.3 is 14.4 Å². The van der Waals surface area contributed by atoms with Gasteiger partial charge in [0, 0.05) is 0 Å². The average molecular weight is 398 g/mol. The van der Waals surface area contributed by atoms with Gasteiger partial charge >= 0.3 is 7.12 Å². The van der Waals surface area contributed by atoms with Crippen LogP contribution < -0.4 is 0 Å². The summed E-state index contributed by atoms with van der Waals surface area (Å²) in [5.41, 5.74) is 2.91. The lowest BCUT2D eigenvalue weighted by molar-refractivity contribution is -0.0286. The van der Waals surface area contributed by atoms with E-state index in [-0.39, 0.29) is 29.8 Å². The van der Waals surface area contributed by atoms with Crippen LogP contribution in [0.3, 0.4) is 0 Å². The fraction of sp³-hybridized carbons (Fsp3) is 0.840. The second-order valence-corrected chi connectivity index (χ2v) is 12.1. The first-order valence-corrected chi connectivity index (χ1v) is 11.9. The summed E-state index contributed by atoms with van der Waals surface area (Å²) in [5.74, 6) is 2.20. The van der Waals surface area contributed by atoms with Crippen LogP contribution in [-0.4, -0.2) is 29.5 Å². The van der Waals surface area contributed by atoms with Crippen molar-refractivity contribution in [3.8, 4) is 0 Å². The first-order valence-electron chi connectivity index (χ1n) is 11.9. The van der Waals surface area contributed by atoms with Crippen LogP contribution in [-0.2, 0) is 9.31 Å². The quantitative estimate of drug-likeness (QED) is 0.470. The van der Waals surface area contributed by atoms with Crippen LogP contribution in [0.4, 0.5) is 0 Å². The van der Waals surface area contributed by atoms with E-state index in [9.17, 15) is 5.11 Å². The Balaban J connectivity index is 1.42. The predicted octanol–water partition coefficient (Wildman–Crippen LogP) is 5.48. The van der Waals surface area contributed by atoms with Crippen molar-refractivity contribution in [1.82, 2.24) is 0 Å². The lowest BCUT2D eigenvalue weighted by atomic mass is 9.45. The van der Waals surface area contributed by atoms with Gasteiger partial charge in [0.15, 0.2) is 0 Å². The summed E-state index contributed by atoms with van der Waals surface area (Å²) in [6, 6.07) is 0. The molecule has 29 heavy (non-hydrogen) atoms. The van der Waals surface area contributed by atoms with E-state index in [1.807, 2.05) is 0 Å². The van der Waals surface area contributed by atoms with Crippen molar-refractivity contribution in [2.45, 2.75) is 104 Å². The first kappa shape index (κ1) is 20.3. The molecular formula is C25H39BO3. The van der Waals surface area contributed by atoms with Gasteiger partial charge in [0.25, 0.3) is 0 Å². The number of fused-ring (bicyclic) bond motifs is 5. The summed E-state index contributed by atoms with van der Waals surface area (Å²) in [7, 11) is -0.193. The van der Waals surface area contributed by atoms with Gasteiger partial charge in [-0.2, -0.15) is 0 Å². The van der Waals surface area contributed by atoms with Crippen molar-refractivity contribution in [3.05, 3.63) is 23.2 Å². The Bertz CT molecular complexity index is 752. The monoisotopic (exact) mass is 398 g/mol. The minimum Gasteiger partial charge on any atom is -0.400 e. The van der Waals surface area contributed by atoms with Gasteiger partial charge in [0.05, 0.1) is 17.3 Å². The van der Waals surface area contributed by atoms with E-state index < -0.39 is 0 Å². The van der Waals surface area contributed by atoms with Gasteiger partial charge in [-0.3, -0.25) is 0 Å². The first-order chi connectivity index (χ1) is 13.5. The van der Waals surface area contributed by atoms with Gasteiger partial charge in [-0.05, 0) is 107 Å². The molecule has 1 aliphatic heterocycles. The molecule has 4 aliphatic carbocycles. The Kier molecular flexibility index (Phi) is 4.37. The molecule has 5 rings (SSSR count). The zero-order valence-electron chi connectivity index (χ0n) is 19.3. The van der Waals surface area contributed by atoms with Crippen molar-refractivity contribution >= 4 is 7.12 Å². The molecule has 1 saturated heterocycles. The third-order valence-electron chi connectivity index (χ3n) is 10.2. The van der Waals surface area contributed by atoms with Crippen LogP contribution in [0.15, 0.2) is 23.2 Å². The van der Waals surface area contributed by atoms with Gasteiger partial charge in [0.1, 0.15) is 0 Å². The Hall–Kier alpha value is -0.575. The van der Waals surface area contributed by atoms with Gasteiger partial charge in [0.2, 0.25) is 0 Å². The van der Waals surface area contributed by atoms with Crippen LogP contribution in [0.25, 0.3) is 0 Å². The normalized spacial score (nSPS) is 47.8. The molecule has 0 amide bonds. The molecular weight excluding hydrogens is 359 g/mol. The molecule has 0 bridgehead atoms. The van der Waals surface area contributed by atoms with Crippen LogP contribution in [0.5, 0.6) is 0 Å². The van der Waals surface area contributed by atoms with E-state index in [1.54, 1.807) is 5.57 Å². The third-order valence-corrected chi connectivity index (χ3v) is 10.2. The molecule has 0 aromatic carbocycles. The maximum absolute atomic E-state index is 10.2. The molecule has 6 atom stereocenters. The lowest BCUT2D eigenvalue weighted by Crippen LogP contribution is -2.51. The lowest BCUT2D eigenvalue weighted by Gasteiger charge is -2.57. The minimum atomic E-state index is -0.275. The van der Waals surface area contributed by atoms with Crippen molar-refractivity contribution < 1.29 is 14.4 Å². The van der Waals surface area contributed by atoms with Crippen LogP contribution in [0.2, 0.25) is 0 Å². The highest BCUT2D eigenvalue weighted by Crippen LogP contribution is 2.65. The molecule has 0 aromatic heterocycles. The molecule has 6 unspecified atom stereocenters. The molecule has 5 aliphatic rings. The van der Waals surface area contributed by atoms with Crippen molar-refractivity contribution in [1.29, 1.82) is 0 Å². The SMILES string of the molecule is CC12CCC(O)CC1=CCC1C2CCC2(C)C(B3OC(C)(C)C(C)(C)O3)=CCC12. The third kappa shape index (κ3) is 2.74. The van der Waals surface area contributed by atoms with E-state index >= 15 is 0 Å². The Morgan fingerprint density at radius 1 is 0.862 bits per heavy atom. The average Bonchev–Trinajstić information content (AvgIpc) is 3.08. The number of rotatable bonds is 1. The maximum atomic E-state index is 10.2. The predicted molar refractivity (Wildman–Crippen MR) is 117 cm³/mol. The maximum Gasteiger partial charge on any atom is 0.490 e. The molecule has 0 aromatic rings. The fourth-order valence-corrected chi connectivity index (χ4v) is 7.58. The fourth-order valence-electron chi connectivity index (χ4n) is 7.58. The van der Waals surface area contributed by atoms with Gasteiger partial charge in [-0.1, -0.05) is 31.6 Å². The van der Waals surface area contributed by atoms with Crippen molar-refractivity contribution in [2.75, 3.05) is 0 Å². The summed E-state index contributed by atoms with van der Waals surface area (Å²) >= 11 is 0. The molecule has 0 radical (unpaired) electrons. The second-order valence-electron chi connectivity index (χ2n) is 12.1. The molecule has 4 heteroatoms. The summed E-state index contributed by atoms with van der Waals surface area (Å²) < 4.78 is 13.0. The Morgan fingerprint density at radius 3 is 2.21 bits per heavy atom. The summed E-state index contributed by atoms with van der Waals surface area (Å²) in [4.78, 5) is 0. The summed E-state index contributed by atoms with van der Waals surface area (Å²) in [6.07, 6.45) is 12.8. The number of hydrogen-bond acceptors (Lipinski definition) is 3. The summed E-state index contributed by atoms with van der Waals surface area (Å²) in [5, 5.41) is 10.2. The van der Waals surface area contributed by atoms with E-state index in [1.165, 1.54) is 31.2 Å². The molecule has 3 fully saturated rings. The zero-order valence-corrected chi connectivity index (χ0v) is 19.3. The molecule has 3 nitrogen and oxygen atoms in total. The number of aliphatic hydroxyl groups is 1.